The first-order chi connectivity index (χ1) is 21.5. The van der Waals surface area contributed by atoms with Crippen molar-refractivity contribution in [1.29, 1.82) is 0 Å². The highest BCUT2D eigenvalue weighted by Crippen LogP contribution is 2.67. The van der Waals surface area contributed by atoms with Crippen LogP contribution in [0.5, 0.6) is 0 Å². The van der Waals surface area contributed by atoms with Crippen molar-refractivity contribution >= 4 is 8.80 Å². The summed E-state index contributed by atoms with van der Waals surface area (Å²) in [5.74, 6) is -82.9. The molecule has 0 aromatic heterocycles. The van der Waals surface area contributed by atoms with Gasteiger partial charge in [-0.15, -0.1) is 0 Å². The molecule has 1 heterocycles. The molecular formula is C22H27F21O5Si. The lowest BCUT2D eigenvalue weighted by atomic mass is 9.84. The van der Waals surface area contributed by atoms with Crippen molar-refractivity contribution in [1.82, 2.24) is 0 Å². The molecule has 0 radical (unpaired) electrons. The van der Waals surface area contributed by atoms with Gasteiger partial charge < -0.3 is 23.1 Å². The molecule has 296 valence electrons. The van der Waals surface area contributed by atoms with Crippen LogP contribution in [0.25, 0.3) is 0 Å². The second-order valence-electron chi connectivity index (χ2n) is 9.67. The average Bonchev–Trinajstić information content (AvgIpc) is 2.92. The van der Waals surface area contributed by atoms with Gasteiger partial charge in [0.25, 0.3) is 0 Å². The minimum atomic E-state index is -9.25. The number of rotatable bonds is 15. The first-order valence-corrected chi connectivity index (χ1v) is 15.1. The van der Waals surface area contributed by atoms with Gasteiger partial charge in [-0.25, -0.2) is 0 Å². The fourth-order valence-electron chi connectivity index (χ4n) is 4.02. The van der Waals surface area contributed by atoms with E-state index in [0.29, 0.717) is 6.92 Å². The van der Waals surface area contributed by atoms with Crippen LogP contribution in [0.4, 0.5) is 92.2 Å². The number of halogens is 21. The maximum atomic E-state index is 15.3. The summed E-state index contributed by atoms with van der Waals surface area (Å²) < 4.78 is 310. The van der Waals surface area contributed by atoms with Crippen molar-refractivity contribution in [2.75, 3.05) is 26.4 Å². The van der Waals surface area contributed by atoms with E-state index in [2.05, 4.69) is 9.16 Å². The Kier molecular flexibility index (Phi) is 14.1. The standard InChI is InChI=1S/C20H21F21O4Si.C2H6O/c1-4-42-10(8-7-9-46(45-10,43-5-2)44-6-3)11(21,22)12(23,24)13(25,26)14(27,28)15(29,30)16(31,32)17(33,34)18(35,36)19(37,38)20(39,40)41;1-2-3/h4-9H2,1-3H3;3H,2H2,1H3. The Morgan fingerprint density at radius 1 is 0.531 bits per heavy atom. The van der Waals surface area contributed by atoms with Crippen molar-refractivity contribution in [2.24, 2.45) is 0 Å². The van der Waals surface area contributed by atoms with Crippen LogP contribution < -0.4 is 0 Å². The zero-order valence-corrected chi connectivity index (χ0v) is 26.0. The first kappa shape index (κ1) is 47.5. The minimum absolute atomic E-state index is 0.250. The summed E-state index contributed by atoms with van der Waals surface area (Å²) >= 11 is 0. The summed E-state index contributed by atoms with van der Waals surface area (Å²) in [5, 5.41) is 7.57. The van der Waals surface area contributed by atoms with Gasteiger partial charge in [0, 0.05) is 38.9 Å². The highest BCUT2D eigenvalue weighted by atomic mass is 28.4. The Labute approximate surface area is 263 Å². The monoisotopic (exact) mass is 798 g/mol. The normalized spacial score (nSPS) is 20.9. The molecule has 1 N–H and O–H groups in total. The van der Waals surface area contributed by atoms with E-state index in [1.807, 2.05) is 0 Å². The van der Waals surface area contributed by atoms with Crippen LogP contribution in [-0.4, -0.2) is 106 Å². The third kappa shape index (κ3) is 7.04. The van der Waals surface area contributed by atoms with Crippen LogP contribution in [0.2, 0.25) is 6.04 Å². The summed E-state index contributed by atoms with van der Waals surface area (Å²) in [6, 6.07) is -0.589. The van der Waals surface area contributed by atoms with E-state index < -0.39 is 113 Å². The fourth-order valence-corrected chi connectivity index (χ4v) is 6.89. The van der Waals surface area contributed by atoms with Crippen molar-refractivity contribution in [3.63, 3.8) is 0 Å². The zero-order valence-electron chi connectivity index (χ0n) is 25.0. The maximum absolute atomic E-state index is 15.3. The molecule has 0 aliphatic carbocycles. The molecule has 49 heavy (non-hydrogen) atoms. The Morgan fingerprint density at radius 2 is 0.837 bits per heavy atom. The minimum Gasteiger partial charge on any atom is -0.397 e. The van der Waals surface area contributed by atoms with Crippen molar-refractivity contribution < 1.29 is 115 Å². The van der Waals surface area contributed by atoms with Gasteiger partial charge in [-0.05, 0) is 34.1 Å². The third-order valence-electron chi connectivity index (χ3n) is 6.40. The summed E-state index contributed by atoms with van der Waals surface area (Å²) in [4.78, 5) is 0. The van der Waals surface area contributed by atoms with Crippen molar-refractivity contribution in [3.05, 3.63) is 0 Å². The predicted molar refractivity (Wildman–Crippen MR) is 122 cm³/mol. The van der Waals surface area contributed by atoms with Crippen LogP contribution >= 0.6 is 0 Å². The largest absolute Gasteiger partial charge is 0.503 e. The molecule has 27 heteroatoms. The molecule has 1 rings (SSSR count). The van der Waals surface area contributed by atoms with Gasteiger partial charge in [-0.3, -0.25) is 0 Å². The number of hydrogen-bond donors (Lipinski definition) is 1. The zero-order chi connectivity index (χ0) is 39.8. The number of aliphatic hydroxyl groups excluding tert-OH is 1. The summed E-state index contributed by atoms with van der Waals surface area (Å²) in [7, 11) is -4.78. The number of hydrogen-bond acceptors (Lipinski definition) is 5. The van der Waals surface area contributed by atoms with Gasteiger partial charge in [0.15, 0.2) is 0 Å². The van der Waals surface area contributed by atoms with Crippen LogP contribution in [-0.2, 0) is 18.0 Å². The second kappa shape index (κ2) is 14.5. The Morgan fingerprint density at radius 3 is 1.12 bits per heavy atom. The van der Waals surface area contributed by atoms with Crippen molar-refractivity contribution in [3.8, 4) is 0 Å². The molecule has 1 unspecified atom stereocenters. The molecule has 0 spiro atoms. The van der Waals surface area contributed by atoms with Gasteiger partial charge in [-0.1, -0.05) is 0 Å². The summed E-state index contributed by atoms with van der Waals surface area (Å²) in [6.07, 6.45) is -10.6. The SMILES string of the molecule is CCO.CCOC1(C(F)(F)C(F)(F)C(F)(F)C(F)(F)C(F)(F)C(F)(F)C(F)(F)C(F)(F)C(F)(F)C(F)(F)F)CCC[Si](OCC)(OCC)O1. The van der Waals surface area contributed by atoms with E-state index in [1.54, 1.807) is 6.92 Å². The summed E-state index contributed by atoms with van der Waals surface area (Å²) in [5.41, 5.74) is 0. The quantitative estimate of drug-likeness (QED) is 0.133. The number of ether oxygens (including phenoxy) is 1. The molecule has 0 aromatic rings. The molecule has 1 aliphatic heterocycles. The van der Waals surface area contributed by atoms with Gasteiger partial charge >= 0.3 is 68.3 Å². The molecule has 1 saturated heterocycles. The van der Waals surface area contributed by atoms with E-state index in [4.69, 9.17) is 14.0 Å². The highest BCUT2D eigenvalue weighted by Gasteiger charge is 2.98. The smallest absolute Gasteiger partial charge is 0.397 e. The predicted octanol–water partition coefficient (Wildman–Crippen LogP) is 8.82. The average molecular weight is 798 g/mol. The van der Waals surface area contributed by atoms with Crippen LogP contribution in [0.1, 0.15) is 40.5 Å². The van der Waals surface area contributed by atoms with Crippen molar-refractivity contribution in [2.45, 2.75) is 112 Å². The lowest BCUT2D eigenvalue weighted by Gasteiger charge is -2.51. The molecule has 1 fully saturated rings. The Bertz CT molecular complexity index is 1070. The molecule has 1 atom stereocenters. The van der Waals surface area contributed by atoms with Crippen LogP contribution in [0.3, 0.4) is 0 Å². The van der Waals surface area contributed by atoms with E-state index >= 15 is 8.78 Å². The number of alkyl halides is 21. The number of aliphatic hydroxyl groups is 1. The molecule has 0 amide bonds. The van der Waals surface area contributed by atoms with E-state index in [9.17, 15) is 83.4 Å². The summed E-state index contributed by atoms with van der Waals surface area (Å²) in [6.45, 7) is 2.43. The highest BCUT2D eigenvalue weighted by molar-refractivity contribution is 6.61. The second-order valence-corrected chi connectivity index (χ2v) is 12.3. The van der Waals surface area contributed by atoms with Gasteiger partial charge in [0.05, 0.1) is 0 Å². The van der Waals surface area contributed by atoms with Crippen LogP contribution in [0, 0.1) is 0 Å². The van der Waals surface area contributed by atoms with E-state index in [-0.39, 0.29) is 6.61 Å². The topological polar surface area (TPSA) is 57.2 Å². The first-order valence-electron chi connectivity index (χ1n) is 13.2. The molecular weight excluding hydrogens is 771 g/mol. The maximum Gasteiger partial charge on any atom is 0.503 e. The van der Waals surface area contributed by atoms with E-state index in [1.165, 1.54) is 0 Å². The molecule has 5 nitrogen and oxygen atoms in total. The lowest BCUT2D eigenvalue weighted by molar-refractivity contribution is -0.483. The lowest BCUT2D eigenvalue weighted by Crippen LogP contribution is -2.79. The van der Waals surface area contributed by atoms with Gasteiger partial charge in [0.2, 0.25) is 5.79 Å². The molecule has 1 aliphatic rings. The molecule has 0 saturated carbocycles. The Balaban J connectivity index is 0.00000738. The third-order valence-corrected chi connectivity index (χ3v) is 9.47. The van der Waals surface area contributed by atoms with Gasteiger partial charge in [-0.2, -0.15) is 92.2 Å². The fraction of sp³-hybridized carbons (Fsp3) is 1.00. The Hall–Kier alpha value is -1.45. The van der Waals surface area contributed by atoms with Gasteiger partial charge in [0.1, 0.15) is 0 Å². The van der Waals surface area contributed by atoms with E-state index in [0.717, 1.165) is 13.8 Å². The molecule has 0 bridgehead atoms. The molecule has 0 aromatic carbocycles. The van der Waals surface area contributed by atoms with Crippen LogP contribution in [0.15, 0.2) is 0 Å².